The van der Waals surface area contributed by atoms with Crippen molar-refractivity contribution in [3.05, 3.63) is 59.9 Å². The van der Waals surface area contributed by atoms with E-state index in [1.54, 1.807) is 35.5 Å². The number of phenolic OH excluding ortho intramolecular Hbond substituents is 1. The topological polar surface area (TPSA) is 109 Å². The largest absolute Gasteiger partial charge is 0.508 e. The molecule has 3 rings (SSSR count). The van der Waals surface area contributed by atoms with Crippen LogP contribution < -0.4 is 5.32 Å². The number of aromatic amines is 1. The number of imidazole rings is 1. The van der Waals surface area contributed by atoms with Crippen molar-refractivity contribution in [2.24, 2.45) is 0 Å². The van der Waals surface area contributed by atoms with Gasteiger partial charge in [0.15, 0.2) is 5.69 Å². The highest BCUT2D eigenvalue weighted by molar-refractivity contribution is 5.91. The minimum absolute atomic E-state index is 0.244. The Labute approximate surface area is 138 Å². The van der Waals surface area contributed by atoms with Gasteiger partial charge in [-0.1, -0.05) is 17.3 Å². The highest BCUT2D eigenvalue weighted by atomic mass is 16.3. The Morgan fingerprint density at radius 2 is 2.08 bits per heavy atom. The van der Waals surface area contributed by atoms with Crippen LogP contribution >= 0.6 is 0 Å². The summed E-state index contributed by atoms with van der Waals surface area (Å²) in [4.78, 5) is 18.9. The fraction of sp³-hybridized carbons (Fsp3) is 0.250. The van der Waals surface area contributed by atoms with Gasteiger partial charge in [-0.2, -0.15) is 0 Å². The summed E-state index contributed by atoms with van der Waals surface area (Å²) in [5, 5.41) is 19.9. The molecule has 0 saturated heterocycles. The molecule has 3 aromatic rings. The van der Waals surface area contributed by atoms with E-state index in [9.17, 15) is 9.90 Å². The Morgan fingerprint density at radius 3 is 2.83 bits per heavy atom. The maximum absolute atomic E-state index is 12.0. The number of hydrogen-bond acceptors (Lipinski definition) is 5. The third-order valence-electron chi connectivity index (χ3n) is 3.57. The summed E-state index contributed by atoms with van der Waals surface area (Å²) in [6.07, 6.45) is 6.39. The second-order valence-electron chi connectivity index (χ2n) is 5.37. The van der Waals surface area contributed by atoms with Gasteiger partial charge in [0.2, 0.25) is 0 Å². The SMILES string of the molecule is O=C(NCCc1cnc[nH]1)c1cn(CCc2ccc(O)cc2)nn1. The standard InChI is InChI=1S/C16H18N6O2/c23-14-3-1-12(2-4-14)6-8-22-10-15(20-21-22)16(24)18-7-5-13-9-17-11-19-13/h1-4,9-11,23H,5-8H2,(H,17,19)(H,18,24). The Balaban J connectivity index is 1.47. The first kappa shape index (κ1) is 15.7. The zero-order chi connectivity index (χ0) is 16.8. The maximum Gasteiger partial charge on any atom is 0.273 e. The lowest BCUT2D eigenvalue weighted by Gasteiger charge is -2.02. The van der Waals surface area contributed by atoms with Crippen LogP contribution in [-0.4, -0.2) is 42.5 Å². The molecule has 0 aliphatic heterocycles. The zero-order valence-electron chi connectivity index (χ0n) is 13.0. The average Bonchev–Trinajstić information content (AvgIpc) is 3.26. The number of aromatic nitrogens is 5. The molecule has 3 N–H and O–H groups in total. The van der Waals surface area contributed by atoms with Crippen molar-refractivity contribution >= 4 is 5.91 Å². The second kappa shape index (κ2) is 7.40. The molecule has 0 unspecified atom stereocenters. The first-order valence-electron chi connectivity index (χ1n) is 7.64. The number of H-pyrrole nitrogens is 1. The molecule has 0 aliphatic carbocycles. The highest BCUT2D eigenvalue weighted by Crippen LogP contribution is 2.10. The van der Waals surface area contributed by atoms with Crippen LogP contribution in [0.3, 0.4) is 0 Å². The number of nitrogens with zero attached hydrogens (tertiary/aromatic N) is 4. The number of aromatic hydroxyl groups is 1. The summed E-state index contributed by atoms with van der Waals surface area (Å²) in [7, 11) is 0. The monoisotopic (exact) mass is 326 g/mol. The lowest BCUT2D eigenvalue weighted by Crippen LogP contribution is -2.26. The van der Waals surface area contributed by atoms with Crippen molar-refractivity contribution < 1.29 is 9.90 Å². The number of phenols is 1. The molecular weight excluding hydrogens is 308 g/mol. The molecule has 8 heteroatoms. The third kappa shape index (κ3) is 4.19. The van der Waals surface area contributed by atoms with Gasteiger partial charge in [-0.15, -0.1) is 5.10 Å². The molecule has 1 amide bonds. The third-order valence-corrected chi connectivity index (χ3v) is 3.57. The van der Waals surface area contributed by atoms with E-state index in [1.807, 2.05) is 12.1 Å². The van der Waals surface area contributed by atoms with Crippen LogP contribution in [-0.2, 0) is 19.4 Å². The number of hydrogen-bond donors (Lipinski definition) is 3. The number of carbonyl (C=O) groups excluding carboxylic acids is 1. The minimum Gasteiger partial charge on any atom is -0.508 e. The van der Waals surface area contributed by atoms with Crippen LogP contribution in [0, 0.1) is 0 Å². The zero-order valence-corrected chi connectivity index (χ0v) is 13.0. The highest BCUT2D eigenvalue weighted by Gasteiger charge is 2.10. The van der Waals surface area contributed by atoms with E-state index < -0.39 is 0 Å². The van der Waals surface area contributed by atoms with Crippen LogP contribution in [0.4, 0.5) is 0 Å². The number of amides is 1. The smallest absolute Gasteiger partial charge is 0.273 e. The van der Waals surface area contributed by atoms with Crippen LogP contribution in [0.25, 0.3) is 0 Å². The fourth-order valence-electron chi connectivity index (χ4n) is 2.24. The first-order valence-corrected chi connectivity index (χ1v) is 7.64. The molecule has 0 atom stereocenters. The lowest BCUT2D eigenvalue weighted by molar-refractivity contribution is 0.0949. The minimum atomic E-state index is -0.245. The number of nitrogens with one attached hydrogen (secondary N) is 2. The predicted octanol–water partition coefficient (Wildman–Crippen LogP) is 0.922. The molecule has 0 aliphatic rings. The molecule has 0 fully saturated rings. The number of aryl methyl sites for hydroxylation is 2. The van der Waals surface area contributed by atoms with E-state index in [2.05, 4.69) is 25.6 Å². The lowest BCUT2D eigenvalue weighted by atomic mass is 10.1. The van der Waals surface area contributed by atoms with E-state index in [0.717, 1.165) is 17.7 Å². The van der Waals surface area contributed by atoms with Crippen LogP contribution in [0.2, 0.25) is 0 Å². The Kier molecular flexibility index (Phi) is 4.85. The summed E-state index contributed by atoms with van der Waals surface area (Å²) in [5.41, 5.74) is 2.34. The molecule has 0 saturated carbocycles. The van der Waals surface area contributed by atoms with E-state index >= 15 is 0 Å². The van der Waals surface area contributed by atoms with E-state index in [4.69, 9.17) is 0 Å². The fourth-order valence-corrected chi connectivity index (χ4v) is 2.24. The number of carbonyl (C=O) groups is 1. The summed E-state index contributed by atoms with van der Waals surface area (Å²) >= 11 is 0. The normalized spacial score (nSPS) is 10.7. The second-order valence-corrected chi connectivity index (χ2v) is 5.37. The van der Waals surface area contributed by atoms with Gasteiger partial charge in [-0.05, 0) is 24.1 Å². The van der Waals surface area contributed by atoms with Crippen LogP contribution in [0.5, 0.6) is 5.75 Å². The van der Waals surface area contributed by atoms with Gasteiger partial charge >= 0.3 is 0 Å². The maximum atomic E-state index is 12.0. The van der Waals surface area contributed by atoms with Gasteiger partial charge in [0.25, 0.3) is 5.91 Å². The van der Waals surface area contributed by atoms with Crippen molar-refractivity contribution in [1.29, 1.82) is 0 Å². The molecule has 0 bridgehead atoms. The van der Waals surface area contributed by atoms with Gasteiger partial charge in [0.1, 0.15) is 5.75 Å². The average molecular weight is 326 g/mol. The Hall–Kier alpha value is -3.16. The van der Waals surface area contributed by atoms with Crippen molar-refractivity contribution in [3.8, 4) is 5.75 Å². The van der Waals surface area contributed by atoms with Gasteiger partial charge in [0, 0.05) is 31.4 Å². The van der Waals surface area contributed by atoms with Crippen molar-refractivity contribution in [3.63, 3.8) is 0 Å². The molecule has 8 nitrogen and oxygen atoms in total. The molecule has 0 radical (unpaired) electrons. The van der Waals surface area contributed by atoms with Crippen LogP contribution in [0.15, 0.2) is 43.0 Å². The van der Waals surface area contributed by atoms with Gasteiger partial charge < -0.3 is 15.4 Å². The van der Waals surface area contributed by atoms with E-state index in [1.165, 1.54) is 0 Å². The molecule has 1 aromatic carbocycles. The molecule has 0 spiro atoms. The Morgan fingerprint density at radius 1 is 1.25 bits per heavy atom. The molecule has 24 heavy (non-hydrogen) atoms. The summed E-state index contributed by atoms with van der Waals surface area (Å²) in [6, 6.07) is 7.01. The van der Waals surface area contributed by atoms with Crippen LogP contribution in [0.1, 0.15) is 21.7 Å². The van der Waals surface area contributed by atoms with Gasteiger partial charge in [0.05, 0.1) is 12.5 Å². The van der Waals surface area contributed by atoms with E-state index in [-0.39, 0.29) is 11.7 Å². The molecular formula is C16H18N6O2. The van der Waals surface area contributed by atoms with Gasteiger partial charge in [-0.3, -0.25) is 9.48 Å². The van der Waals surface area contributed by atoms with Gasteiger partial charge in [-0.25, -0.2) is 4.98 Å². The Bertz CT molecular complexity index is 779. The summed E-state index contributed by atoms with van der Waals surface area (Å²) in [5.74, 6) is -0.000934. The van der Waals surface area contributed by atoms with Crippen molar-refractivity contribution in [2.75, 3.05) is 6.54 Å². The number of rotatable bonds is 7. The van der Waals surface area contributed by atoms with E-state index in [0.29, 0.717) is 25.2 Å². The number of benzene rings is 1. The summed E-state index contributed by atoms with van der Waals surface area (Å²) < 4.78 is 1.64. The predicted molar refractivity (Wildman–Crippen MR) is 86.5 cm³/mol. The van der Waals surface area contributed by atoms with Crippen molar-refractivity contribution in [1.82, 2.24) is 30.3 Å². The quantitative estimate of drug-likeness (QED) is 0.598. The molecule has 124 valence electrons. The van der Waals surface area contributed by atoms with Crippen molar-refractivity contribution in [2.45, 2.75) is 19.4 Å². The molecule has 2 heterocycles. The summed E-state index contributed by atoms with van der Waals surface area (Å²) in [6.45, 7) is 1.11. The molecule has 2 aromatic heterocycles. The first-order chi connectivity index (χ1) is 11.7.